The number of amides is 1. The second kappa shape index (κ2) is 8.91. The number of carbonyl (C=O) groups is 1. The van der Waals surface area contributed by atoms with E-state index in [1.165, 1.54) is 0 Å². The van der Waals surface area contributed by atoms with Crippen LogP contribution in [0.15, 0.2) is 48.5 Å². The summed E-state index contributed by atoms with van der Waals surface area (Å²) in [6.07, 6.45) is 0. The number of benzene rings is 2. The highest BCUT2D eigenvalue weighted by Gasteiger charge is 2.30. The highest BCUT2D eigenvalue weighted by molar-refractivity contribution is 6.30. The molecule has 134 valence electrons. The van der Waals surface area contributed by atoms with Crippen LogP contribution in [0.5, 0.6) is 0 Å². The zero-order chi connectivity index (χ0) is 17.1. The highest BCUT2D eigenvalue weighted by Crippen LogP contribution is 2.26. The van der Waals surface area contributed by atoms with Crippen molar-refractivity contribution < 1.29 is 4.79 Å². The maximum Gasteiger partial charge on any atom is 0.223 e. The lowest BCUT2D eigenvalue weighted by molar-refractivity contribution is -0.127. The standard InChI is InChI=1S/C19H20Cl2N2O.ClH/c1-12(15-10-22-11-15)19(24)23-18(13-2-6-16(20)7-3-13)14-4-8-17(21)9-5-14;/h2-9,12,15,18,22H,10-11H2,1H3,(H,23,24);1H. The molecule has 0 saturated carbocycles. The molecule has 1 unspecified atom stereocenters. The van der Waals surface area contributed by atoms with Crippen molar-refractivity contribution in [1.82, 2.24) is 10.6 Å². The molecule has 0 bridgehead atoms. The van der Waals surface area contributed by atoms with E-state index in [9.17, 15) is 4.79 Å². The average molecular weight is 400 g/mol. The number of halogens is 3. The van der Waals surface area contributed by atoms with E-state index < -0.39 is 0 Å². The van der Waals surface area contributed by atoms with Crippen LogP contribution < -0.4 is 10.6 Å². The third-order valence-corrected chi connectivity index (χ3v) is 5.13. The molecule has 0 aromatic heterocycles. The number of hydrogen-bond acceptors (Lipinski definition) is 2. The summed E-state index contributed by atoms with van der Waals surface area (Å²) < 4.78 is 0. The van der Waals surface area contributed by atoms with Crippen molar-refractivity contribution in [2.75, 3.05) is 13.1 Å². The topological polar surface area (TPSA) is 41.1 Å². The van der Waals surface area contributed by atoms with Gasteiger partial charge in [-0.2, -0.15) is 0 Å². The number of carbonyl (C=O) groups excluding carboxylic acids is 1. The third kappa shape index (κ3) is 4.89. The van der Waals surface area contributed by atoms with Crippen molar-refractivity contribution in [3.8, 4) is 0 Å². The molecule has 3 nitrogen and oxygen atoms in total. The summed E-state index contributed by atoms with van der Waals surface area (Å²) in [6, 6.07) is 14.9. The minimum Gasteiger partial charge on any atom is -0.345 e. The van der Waals surface area contributed by atoms with Crippen LogP contribution in [0.3, 0.4) is 0 Å². The van der Waals surface area contributed by atoms with Crippen LogP contribution in [-0.2, 0) is 4.79 Å². The molecule has 1 atom stereocenters. The van der Waals surface area contributed by atoms with E-state index in [2.05, 4.69) is 10.6 Å². The SMILES string of the molecule is CC(C(=O)NC(c1ccc(Cl)cc1)c1ccc(Cl)cc1)C1CNC1.Cl. The predicted molar refractivity (Wildman–Crippen MR) is 106 cm³/mol. The summed E-state index contributed by atoms with van der Waals surface area (Å²) in [5, 5.41) is 7.75. The van der Waals surface area contributed by atoms with Crippen LogP contribution in [0, 0.1) is 11.8 Å². The Hall–Kier alpha value is -1.26. The summed E-state index contributed by atoms with van der Waals surface area (Å²) in [4.78, 5) is 12.7. The molecular weight excluding hydrogens is 379 g/mol. The molecule has 1 aliphatic heterocycles. The lowest BCUT2D eigenvalue weighted by atomic mass is 9.87. The van der Waals surface area contributed by atoms with Crippen molar-refractivity contribution in [3.05, 3.63) is 69.7 Å². The Morgan fingerprint density at radius 3 is 1.80 bits per heavy atom. The van der Waals surface area contributed by atoms with Crippen molar-refractivity contribution in [2.24, 2.45) is 11.8 Å². The maximum atomic E-state index is 12.7. The van der Waals surface area contributed by atoms with Gasteiger partial charge in [-0.25, -0.2) is 0 Å². The van der Waals surface area contributed by atoms with Gasteiger partial charge in [0.2, 0.25) is 5.91 Å². The van der Waals surface area contributed by atoms with Crippen LogP contribution in [-0.4, -0.2) is 19.0 Å². The van der Waals surface area contributed by atoms with Crippen LogP contribution in [0.4, 0.5) is 0 Å². The van der Waals surface area contributed by atoms with Gasteiger partial charge in [0, 0.05) is 16.0 Å². The van der Waals surface area contributed by atoms with E-state index in [0.29, 0.717) is 16.0 Å². The average Bonchev–Trinajstić information content (AvgIpc) is 2.53. The molecule has 6 heteroatoms. The maximum absolute atomic E-state index is 12.7. The van der Waals surface area contributed by atoms with Crippen molar-refractivity contribution in [2.45, 2.75) is 13.0 Å². The zero-order valence-electron chi connectivity index (χ0n) is 13.8. The van der Waals surface area contributed by atoms with Gasteiger partial charge >= 0.3 is 0 Å². The largest absolute Gasteiger partial charge is 0.345 e. The first-order valence-corrected chi connectivity index (χ1v) is 8.82. The van der Waals surface area contributed by atoms with Gasteiger partial charge in [-0.15, -0.1) is 12.4 Å². The van der Waals surface area contributed by atoms with Gasteiger partial charge in [0.05, 0.1) is 6.04 Å². The van der Waals surface area contributed by atoms with E-state index in [0.717, 1.165) is 24.2 Å². The lowest BCUT2D eigenvalue weighted by Gasteiger charge is -2.33. The highest BCUT2D eigenvalue weighted by atomic mass is 35.5. The minimum absolute atomic E-state index is 0. The lowest BCUT2D eigenvalue weighted by Crippen LogP contribution is -2.50. The van der Waals surface area contributed by atoms with E-state index in [1.54, 1.807) is 0 Å². The molecule has 2 aromatic rings. The van der Waals surface area contributed by atoms with Gasteiger partial charge in [0.25, 0.3) is 0 Å². The molecule has 1 amide bonds. The van der Waals surface area contributed by atoms with Gasteiger partial charge in [-0.3, -0.25) is 4.79 Å². The normalized spacial score (nSPS) is 15.2. The summed E-state index contributed by atoms with van der Waals surface area (Å²) >= 11 is 12.0. The van der Waals surface area contributed by atoms with Crippen molar-refractivity contribution >= 4 is 41.5 Å². The first-order valence-electron chi connectivity index (χ1n) is 8.06. The fraction of sp³-hybridized carbons (Fsp3) is 0.316. The Bertz CT molecular complexity index is 654. The van der Waals surface area contributed by atoms with Crippen LogP contribution in [0.2, 0.25) is 10.0 Å². The first-order chi connectivity index (χ1) is 11.5. The number of hydrogen-bond donors (Lipinski definition) is 2. The van der Waals surface area contributed by atoms with Gasteiger partial charge in [0.1, 0.15) is 0 Å². The quantitative estimate of drug-likeness (QED) is 0.778. The summed E-state index contributed by atoms with van der Waals surface area (Å²) in [7, 11) is 0. The van der Waals surface area contributed by atoms with Gasteiger partial charge in [-0.05, 0) is 54.4 Å². The monoisotopic (exact) mass is 398 g/mol. The second-order valence-corrected chi connectivity index (χ2v) is 7.12. The number of rotatable bonds is 5. The Morgan fingerprint density at radius 2 is 1.44 bits per heavy atom. The van der Waals surface area contributed by atoms with E-state index in [1.807, 2.05) is 55.5 Å². The second-order valence-electron chi connectivity index (χ2n) is 6.25. The van der Waals surface area contributed by atoms with Crippen LogP contribution in [0.1, 0.15) is 24.1 Å². The molecule has 1 heterocycles. The Kier molecular flexibility index (Phi) is 7.14. The molecule has 1 saturated heterocycles. The van der Waals surface area contributed by atoms with E-state index >= 15 is 0 Å². The van der Waals surface area contributed by atoms with Crippen LogP contribution in [0.25, 0.3) is 0 Å². The molecule has 3 rings (SSSR count). The smallest absolute Gasteiger partial charge is 0.223 e. The van der Waals surface area contributed by atoms with E-state index in [4.69, 9.17) is 23.2 Å². The molecular formula is C19H21Cl3N2O. The molecule has 0 aliphatic carbocycles. The molecule has 0 spiro atoms. The third-order valence-electron chi connectivity index (χ3n) is 4.63. The summed E-state index contributed by atoms with van der Waals surface area (Å²) in [5.74, 6) is 0.450. The van der Waals surface area contributed by atoms with Gasteiger partial charge in [0.15, 0.2) is 0 Å². The van der Waals surface area contributed by atoms with Crippen molar-refractivity contribution in [3.63, 3.8) is 0 Å². The van der Waals surface area contributed by atoms with Crippen LogP contribution >= 0.6 is 35.6 Å². The fourth-order valence-electron chi connectivity index (χ4n) is 2.82. The molecule has 1 aliphatic rings. The summed E-state index contributed by atoms with van der Waals surface area (Å²) in [6.45, 7) is 3.80. The van der Waals surface area contributed by atoms with E-state index in [-0.39, 0.29) is 30.3 Å². The fourth-order valence-corrected chi connectivity index (χ4v) is 3.07. The zero-order valence-corrected chi connectivity index (χ0v) is 16.2. The molecule has 0 radical (unpaired) electrons. The summed E-state index contributed by atoms with van der Waals surface area (Å²) in [5.41, 5.74) is 1.99. The number of nitrogens with one attached hydrogen (secondary N) is 2. The van der Waals surface area contributed by atoms with Gasteiger partial charge in [-0.1, -0.05) is 54.4 Å². The molecule has 1 fully saturated rings. The molecule has 25 heavy (non-hydrogen) atoms. The van der Waals surface area contributed by atoms with Gasteiger partial charge < -0.3 is 10.6 Å². The minimum atomic E-state index is -0.220. The first kappa shape index (κ1) is 20.1. The Balaban J connectivity index is 0.00000225. The Morgan fingerprint density at radius 1 is 1.00 bits per heavy atom. The Labute approximate surface area is 164 Å². The molecule has 2 aromatic carbocycles. The molecule has 2 N–H and O–H groups in total. The predicted octanol–water partition coefficient (Wildman–Crippen LogP) is 4.48. The van der Waals surface area contributed by atoms with Crippen molar-refractivity contribution in [1.29, 1.82) is 0 Å².